The van der Waals surface area contributed by atoms with Crippen molar-refractivity contribution in [2.24, 2.45) is 0 Å². The number of halogens is 1. The zero-order valence-electron chi connectivity index (χ0n) is 15.2. The molecule has 0 saturated carbocycles. The number of likely N-dealkylation sites (N-methyl/N-ethyl adjacent to an activating group) is 1. The zero-order valence-corrected chi connectivity index (χ0v) is 16.0. The molecule has 6 heteroatoms. The van der Waals surface area contributed by atoms with Crippen LogP contribution in [0.5, 0.6) is 0 Å². The van der Waals surface area contributed by atoms with Gasteiger partial charge in [-0.2, -0.15) is 0 Å². The predicted molar refractivity (Wildman–Crippen MR) is 106 cm³/mol. The van der Waals surface area contributed by atoms with Crippen molar-refractivity contribution in [3.63, 3.8) is 0 Å². The fraction of sp³-hybridized carbons (Fsp3) is 0.300. The van der Waals surface area contributed by atoms with Crippen molar-refractivity contribution in [2.75, 3.05) is 27.2 Å². The second kappa shape index (κ2) is 7.89. The number of carbonyl (C=O) groups is 1. The molecular formula is C20H23ClN4O. The summed E-state index contributed by atoms with van der Waals surface area (Å²) in [5.41, 5.74) is 3.72. The third-order valence-electron chi connectivity index (χ3n) is 4.37. The Morgan fingerprint density at radius 1 is 1.19 bits per heavy atom. The standard InChI is InChI=1S/C20H23ClN4O/c1-14(20(26)22-10-11-24(2)3)15-4-6-16(7-5-15)18-13-25-12-17(21)8-9-19(25)23-18/h4-9,12-14H,10-11H2,1-3H3,(H,22,26). The van der Waals surface area contributed by atoms with Gasteiger partial charge in [-0.3, -0.25) is 4.79 Å². The molecule has 1 atom stereocenters. The Balaban J connectivity index is 1.71. The van der Waals surface area contributed by atoms with Crippen molar-refractivity contribution < 1.29 is 4.79 Å². The first-order valence-corrected chi connectivity index (χ1v) is 8.99. The van der Waals surface area contributed by atoms with E-state index in [1.165, 1.54) is 0 Å². The Morgan fingerprint density at radius 3 is 2.62 bits per heavy atom. The maximum Gasteiger partial charge on any atom is 0.227 e. The molecule has 0 aliphatic heterocycles. The van der Waals surface area contributed by atoms with E-state index in [4.69, 9.17) is 11.6 Å². The third-order valence-corrected chi connectivity index (χ3v) is 4.60. The van der Waals surface area contributed by atoms with Gasteiger partial charge in [0.15, 0.2) is 0 Å². The van der Waals surface area contributed by atoms with Crippen LogP contribution < -0.4 is 5.32 Å². The van der Waals surface area contributed by atoms with Crippen molar-refractivity contribution in [3.05, 3.63) is 59.4 Å². The van der Waals surface area contributed by atoms with Gasteiger partial charge in [0.1, 0.15) is 5.65 Å². The van der Waals surface area contributed by atoms with Gasteiger partial charge in [-0.15, -0.1) is 0 Å². The summed E-state index contributed by atoms with van der Waals surface area (Å²) in [4.78, 5) is 18.9. The van der Waals surface area contributed by atoms with Crippen LogP contribution >= 0.6 is 11.6 Å². The molecule has 0 spiro atoms. The second-order valence-corrected chi connectivity index (χ2v) is 7.11. The Bertz CT molecular complexity index is 902. The number of nitrogens with one attached hydrogen (secondary N) is 1. The predicted octanol–water partition coefficient (Wildman–Crippen LogP) is 3.44. The van der Waals surface area contributed by atoms with E-state index in [1.807, 2.05) is 79.1 Å². The number of hydrogen-bond donors (Lipinski definition) is 1. The van der Waals surface area contributed by atoms with Crippen LogP contribution in [0, 0.1) is 0 Å². The molecule has 0 bridgehead atoms. The lowest BCUT2D eigenvalue weighted by Crippen LogP contribution is -2.33. The Labute approximate surface area is 158 Å². The molecule has 0 saturated heterocycles. The lowest BCUT2D eigenvalue weighted by molar-refractivity contribution is -0.122. The minimum Gasteiger partial charge on any atom is -0.354 e. The number of hydrogen-bond acceptors (Lipinski definition) is 3. The van der Waals surface area contributed by atoms with Gasteiger partial charge in [0, 0.05) is 31.0 Å². The summed E-state index contributed by atoms with van der Waals surface area (Å²) in [5.74, 6) is -0.145. The molecule has 5 nitrogen and oxygen atoms in total. The fourth-order valence-corrected chi connectivity index (χ4v) is 2.92. The lowest BCUT2D eigenvalue weighted by Gasteiger charge is -2.15. The highest BCUT2D eigenvalue weighted by Gasteiger charge is 2.15. The van der Waals surface area contributed by atoms with Crippen LogP contribution in [0.4, 0.5) is 0 Å². The molecule has 0 aliphatic carbocycles. The van der Waals surface area contributed by atoms with Crippen molar-refractivity contribution in [2.45, 2.75) is 12.8 Å². The molecule has 1 amide bonds. The first-order valence-electron chi connectivity index (χ1n) is 8.61. The maximum atomic E-state index is 12.3. The number of amides is 1. The average Bonchev–Trinajstić information content (AvgIpc) is 3.04. The molecule has 0 radical (unpaired) electrons. The Morgan fingerprint density at radius 2 is 1.92 bits per heavy atom. The van der Waals surface area contributed by atoms with Gasteiger partial charge in [-0.05, 0) is 38.7 Å². The van der Waals surface area contributed by atoms with Crippen molar-refractivity contribution in [3.8, 4) is 11.3 Å². The molecule has 2 heterocycles. The molecule has 2 aromatic heterocycles. The molecule has 1 aromatic carbocycles. The van der Waals surface area contributed by atoms with E-state index in [0.717, 1.165) is 29.0 Å². The quantitative estimate of drug-likeness (QED) is 0.723. The van der Waals surface area contributed by atoms with Gasteiger partial charge in [-0.1, -0.05) is 35.9 Å². The fourth-order valence-electron chi connectivity index (χ4n) is 2.75. The largest absolute Gasteiger partial charge is 0.354 e. The third kappa shape index (κ3) is 4.23. The smallest absolute Gasteiger partial charge is 0.227 e. The van der Waals surface area contributed by atoms with Crippen LogP contribution in [0.1, 0.15) is 18.4 Å². The van der Waals surface area contributed by atoms with Crippen LogP contribution in [0.25, 0.3) is 16.9 Å². The maximum absolute atomic E-state index is 12.3. The van der Waals surface area contributed by atoms with Crippen LogP contribution in [-0.4, -0.2) is 47.4 Å². The summed E-state index contributed by atoms with van der Waals surface area (Å²) in [6, 6.07) is 11.7. The van der Waals surface area contributed by atoms with Crippen LogP contribution in [0.3, 0.4) is 0 Å². The topological polar surface area (TPSA) is 49.6 Å². The van der Waals surface area contributed by atoms with Crippen LogP contribution in [0.2, 0.25) is 5.02 Å². The molecule has 26 heavy (non-hydrogen) atoms. The molecular weight excluding hydrogens is 348 g/mol. The summed E-state index contributed by atoms with van der Waals surface area (Å²) in [6.07, 6.45) is 3.79. The van der Waals surface area contributed by atoms with Crippen molar-refractivity contribution >= 4 is 23.2 Å². The van der Waals surface area contributed by atoms with Crippen molar-refractivity contribution in [1.82, 2.24) is 19.6 Å². The number of imidazole rings is 1. The number of fused-ring (bicyclic) bond motifs is 1. The molecule has 1 N–H and O–H groups in total. The molecule has 1 unspecified atom stereocenters. The highest BCUT2D eigenvalue weighted by molar-refractivity contribution is 6.30. The number of pyridine rings is 1. The summed E-state index contributed by atoms with van der Waals surface area (Å²) >= 11 is 6.02. The van der Waals surface area contributed by atoms with E-state index >= 15 is 0 Å². The monoisotopic (exact) mass is 370 g/mol. The van der Waals surface area contributed by atoms with Gasteiger partial charge >= 0.3 is 0 Å². The minimum absolute atomic E-state index is 0.0435. The Kier molecular flexibility index (Phi) is 5.59. The number of carbonyl (C=O) groups excluding carboxylic acids is 1. The SMILES string of the molecule is CC(C(=O)NCCN(C)C)c1ccc(-c2cn3cc(Cl)ccc3n2)cc1. The van der Waals surface area contributed by atoms with Gasteiger partial charge in [0.2, 0.25) is 5.91 Å². The van der Waals surface area contributed by atoms with E-state index in [0.29, 0.717) is 11.6 Å². The van der Waals surface area contributed by atoms with E-state index in [1.54, 1.807) is 0 Å². The van der Waals surface area contributed by atoms with E-state index in [2.05, 4.69) is 10.3 Å². The average molecular weight is 371 g/mol. The molecule has 136 valence electrons. The van der Waals surface area contributed by atoms with Gasteiger partial charge < -0.3 is 14.6 Å². The minimum atomic E-state index is -0.189. The zero-order chi connectivity index (χ0) is 18.7. The number of nitrogens with zero attached hydrogens (tertiary/aromatic N) is 3. The van der Waals surface area contributed by atoms with Gasteiger partial charge in [-0.25, -0.2) is 4.98 Å². The number of aromatic nitrogens is 2. The first kappa shape index (κ1) is 18.4. The summed E-state index contributed by atoms with van der Waals surface area (Å²) < 4.78 is 1.91. The first-order chi connectivity index (χ1) is 12.4. The van der Waals surface area contributed by atoms with Gasteiger partial charge in [0.05, 0.1) is 16.6 Å². The molecule has 0 aliphatic rings. The Hall–Kier alpha value is -2.37. The highest BCUT2D eigenvalue weighted by atomic mass is 35.5. The van der Waals surface area contributed by atoms with Gasteiger partial charge in [0.25, 0.3) is 0 Å². The molecule has 0 fully saturated rings. The summed E-state index contributed by atoms with van der Waals surface area (Å²) in [5, 5.41) is 3.64. The summed E-state index contributed by atoms with van der Waals surface area (Å²) in [7, 11) is 3.98. The van der Waals surface area contributed by atoms with Crippen molar-refractivity contribution in [1.29, 1.82) is 0 Å². The number of benzene rings is 1. The normalized spacial score (nSPS) is 12.5. The highest BCUT2D eigenvalue weighted by Crippen LogP contribution is 2.23. The molecule has 3 rings (SSSR count). The van der Waals surface area contributed by atoms with Crippen LogP contribution in [0.15, 0.2) is 48.8 Å². The van der Waals surface area contributed by atoms with E-state index in [-0.39, 0.29) is 11.8 Å². The van der Waals surface area contributed by atoms with Crippen LogP contribution in [-0.2, 0) is 4.79 Å². The van der Waals surface area contributed by atoms with E-state index in [9.17, 15) is 4.79 Å². The van der Waals surface area contributed by atoms with E-state index < -0.39 is 0 Å². The second-order valence-electron chi connectivity index (χ2n) is 6.68. The summed E-state index contributed by atoms with van der Waals surface area (Å²) in [6.45, 7) is 3.40. The lowest BCUT2D eigenvalue weighted by atomic mass is 9.98. The molecule has 3 aromatic rings. The number of rotatable bonds is 6.